The van der Waals surface area contributed by atoms with Crippen LogP contribution in [0.1, 0.15) is 60.0 Å². The summed E-state index contributed by atoms with van der Waals surface area (Å²) in [7, 11) is -1.18. The van der Waals surface area contributed by atoms with Gasteiger partial charge in [-0.15, -0.1) is 11.3 Å². The molecule has 1 aliphatic rings. The molecule has 41 heavy (non-hydrogen) atoms. The molecule has 11 heteroatoms. The first-order valence-corrected chi connectivity index (χ1v) is 18.5. The molecule has 1 unspecified atom stereocenters. The molecule has 1 aromatic carbocycles. The van der Waals surface area contributed by atoms with Gasteiger partial charge in [-0.05, 0) is 68.8 Å². The fraction of sp³-hybridized carbons (Fsp3) is 0.533. The van der Waals surface area contributed by atoms with Crippen molar-refractivity contribution >= 4 is 19.4 Å². The first kappa shape index (κ1) is 31.3. The lowest BCUT2D eigenvalue weighted by molar-refractivity contribution is -0.605. The molecule has 3 aromatic rings. The smallest absolute Gasteiger partial charge is 0.387 e. The summed E-state index contributed by atoms with van der Waals surface area (Å²) in [4.78, 5) is 5.69. The molecule has 2 aromatic heterocycles. The molecule has 1 atom stereocenters. The zero-order valence-electron chi connectivity index (χ0n) is 24.4. The van der Waals surface area contributed by atoms with Gasteiger partial charge in [0.1, 0.15) is 17.4 Å². The normalized spacial score (nSPS) is 15.1. The highest BCUT2D eigenvalue weighted by Gasteiger charge is 2.29. The van der Waals surface area contributed by atoms with Crippen LogP contribution in [0.4, 0.5) is 8.78 Å². The van der Waals surface area contributed by atoms with Gasteiger partial charge in [-0.2, -0.15) is 13.5 Å². The van der Waals surface area contributed by atoms with Crippen LogP contribution in [0, 0.1) is 5.21 Å². The third-order valence-corrected chi connectivity index (χ3v) is 10.2. The number of pyridine rings is 1. The van der Waals surface area contributed by atoms with Gasteiger partial charge in [0.05, 0.1) is 6.10 Å². The number of halogens is 2. The maximum Gasteiger partial charge on any atom is 0.387 e. The zero-order chi connectivity index (χ0) is 29.6. The molecule has 0 saturated heterocycles. The van der Waals surface area contributed by atoms with Crippen LogP contribution in [0.25, 0.3) is 0 Å². The van der Waals surface area contributed by atoms with E-state index in [0.717, 1.165) is 51.0 Å². The van der Waals surface area contributed by atoms with E-state index >= 15 is 0 Å². The van der Waals surface area contributed by atoms with Crippen molar-refractivity contribution in [1.82, 2.24) is 4.98 Å². The molecule has 1 saturated carbocycles. The van der Waals surface area contributed by atoms with Gasteiger partial charge >= 0.3 is 6.61 Å². The molecule has 4 rings (SSSR count). The molecule has 1 fully saturated rings. The van der Waals surface area contributed by atoms with Crippen LogP contribution in [0.2, 0.25) is 25.7 Å². The van der Waals surface area contributed by atoms with Gasteiger partial charge in [0, 0.05) is 43.8 Å². The Bertz CT molecular complexity index is 1260. The van der Waals surface area contributed by atoms with E-state index in [2.05, 4.69) is 19.6 Å². The van der Waals surface area contributed by atoms with Gasteiger partial charge in [-0.3, -0.25) is 0 Å². The van der Waals surface area contributed by atoms with E-state index in [0.29, 0.717) is 18.8 Å². The van der Waals surface area contributed by atoms with E-state index < -0.39 is 20.3 Å². The highest BCUT2D eigenvalue weighted by Crippen LogP contribution is 2.41. The third-order valence-electron chi connectivity index (χ3n) is 7.12. The number of nitrogens with zero attached hydrogens (tertiary/aromatic N) is 2. The van der Waals surface area contributed by atoms with E-state index in [9.17, 15) is 14.0 Å². The largest absolute Gasteiger partial charge is 0.619 e. The molecule has 0 spiro atoms. The lowest BCUT2D eigenvalue weighted by Gasteiger charge is -2.28. The summed E-state index contributed by atoms with van der Waals surface area (Å²) in [5.74, 6) is 0.166. The summed E-state index contributed by atoms with van der Waals surface area (Å²) in [6, 6.07) is 9.77. The van der Waals surface area contributed by atoms with Gasteiger partial charge in [-0.25, -0.2) is 4.98 Å². The fourth-order valence-corrected chi connectivity index (χ4v) is 6.16. The standard InChI is InChI=1S/C30H40F2N2O5SSi/c1-30(2,37-20-36-15-16-41(3,4)5)28-33-19-27(40-28)24(17-21-11-13-34(35)14-12-21)22-9-10-25(39-29(31)32)26(18-22)38-23-7-6-8-23/h9-14,18-19,23-24,29H,6-8,15-17,20H2,1-5H3. The first-order chi connectivity index (χ1) is 19.4. The predicted molar refractivity (Wildman–Crippen MR) is 157 cm³/mol. The summed E-state index contributed by atoms with van der Waals surface area (Å²) in [6.07, 6.45) is 8.16. The fourth-order valence-electron chi connectivity index (χ4n) is 4.31. The Morgan fingerprint density at radius 2 is 1.85 bits per heavy atom. The lowest BCUT2D eigenvalue weighted by Crippen LogP contribution is -2.25. The van der Waals surface area contributed by atoms with E-state index in [1.54, 1.807) is 30.3 Å². The molecule has 0 radical (unpaired) electrons. The third kappa shape index (κ3) is 9.19. The van der Waals surface area contributed by atoms with Crippen molar-refractivity contribution in [2.45, 2.75) is 89.5 Å². The molecule has 0 aliphatic heterocycles. The molecule has 0 N–H and O–H groups in total. The van der Waals surface area contributed by atoms with Crippen LogP contribution in [0.3, 0.4) is 0 Å². The number of aromatic nitrogens is 2. The highest BCUT2D eigenvalue weighted by atomic mass is 32.1. The molecule has 0 bridgehead atoms. The Balaban J connectivity index is 1.59. The van der Waals surface area contributed by atoms with Gasteiger partial charge in [0.25, 0.3) is 0 Å². The van der Waals surface area contributed by atoms with Gasteiger partial charge in [0.15, 0.2) is 23.9 Å². The maximum atomic E-state index is 13.1. The second-order valence-corrected chi connectivity index (χ2v) is 18.8. The average Bonchev–Trinajstić information content (AvgIpc) is 3.37. The van der Waals surface area contributed by atoms with Crippen molar-refractivity contribution in [3.63, 3.8) is 0 Å². The van der Waals surface area contributed by atoms with Crippen molar-refractivity contribution in [2.75, 3.05) is 13.4 Å². The van der Waals surface area contributed by atoms with E-state index in [1.807, 2.05) is 20.0 Å². The van der Waals surface area contributed by atoms with Crippen LogP contribution in [-0.2, 0) is 21.5 Å². The quantitative estimate of drug-likeness (QED) is 0.0597. The van der Waals surface area contributed by atoms with E-state index in [4.69, 9.17) is 23.9 Å². The lowest BCUT2D eigenvalue weighted by atomic mass is 9.91. The Morgan fingerprint density at radius 1 is 1.12 bits per heavy atom. The van der Waals surface area contributed by atoms with Gasteiger partial charge in [0.2, 0.25) is 0 Å². The molecule has 224 valence electrons. The molecule has 0 amide bonds. The average molecular weight is 607 g/mol. The number of ether oxygens (including phenoxy) is 4. The summed E-state index contributed by atoms with van der Waals surface area (Å²) < 4.78 is 49.7. The van der Waals surface area contributed by atoms with E-state index in [1.165, 1.54) is 23.7 Å². The van der Waals surface area contributed by atoms with Crippen molar-refractivity contribution in [2.24, 2.45) is 0 Å². The van der Waals surface area contributed by atoms with Gasteiger partial charge < -0.3 is 24.2 Å². The number of hydrogen-bond donors (Lipinski definition) is 0. The number of hydrogen-bond acceptors (Lipinski definition) is 7. The minimum Gasteiger partial charge on any atom is -0.619 e. The van der Waals surface area contributed by atoms with Crippen LogP contribution in [0.5, 0.6) is 11.5 Å². The van der Waals surface area contributed by atoms with Gasteiger partial charge in [-0.1, -0.05) is 25.7 Å². The number of rotatable bonds is 15. The highest BCUT2D eigenvalue weighted by molar-refractivity contribution is 7.11. The Hall–Kier alpha value is -2.60. The molecule has 1 aliphatic carbocycles. The van der Waals surface area contributed by atoms with Crippen molar-refractivity contribution in [3.8, 4) is 11.5 Å². The van der Waals surface area contributed by atoms with Crippen LogP contribution < -0.4 is 14.2 Å². The number of alkyl halides is 2. The Labute approximate surface area is 246 Å². The van der Waals surface area contributed by atoms with Crippen molar-refractivity contribution < 1.29 is 32.5 Å². The van der Waals surface area contributed by atoms with Crippen molar-refractivity contribution in [3.05, 3.63) is 75.1 Å². The molecular weight excluding hydrogens is 566 g/mol. The topological polar surface area (TPSA) is 76.8 Å². The van der Waals surface area contributed by atoms with Crippen LogP contribution in [0.15, 0.2) is 48.9 Å². The SMILES string of the molecule is CC(C)(OCOCC[Si](C)(C)C)c1ncc(C(Cc2cc[n+]([O-])cc2)c2ccc(OC(F)F)c(OC3CCC3)c2)s1. The summed E-state index contributed by atoms with van der Waals surface area (Å²) in [5.41, 5.74) is 1.17. The van der Waals surface area contributed by atoms with Crippen LogP contribution in [-0.4, -0.2) is 39.2 Å². The first-order valence-electron chi connectivity index (χ1n) is 14.0. The summed E-state index contributed by atoms with van der Waals surface area (Å²) >= 11 is 1.54. The Kier molecular flexibility index (Phi) is 10.4. The number of benzene rings is 1. The molecule has 7 nitrogen and oxygen atoms in total. The summed E-state index contributed by atoms with van der Waals surface area (Å²) in [5, 5.41) is 12.4. The number of thiazole rings is 1. The van der Waals surface area contributed by atoms with Crippen molar-refractivity contribution in [1.29, 1.82) is 0 Å². The Morgan fingerprint density at radius 3 is 2.49 bits per heavy atom. The maximum absolute atomic E-state index is 13.1. The minimum absolute atomic E-state index is 0.00809. The zero-order valence-corrected chi connectivity index (χ0v) is 26.2. The molecular formula is C30H40F2N2O5SSi. The second kappa shape index (κ2) is 13.6. The second-order valence-electron chi connectivity index (χ2n) is 12.1. The predicted octanol–water partition coefficient (Wildman–Crippen LogP) is 7.25. The minimum atomic E-state index is -2.95. The van der Waals surface area contributed by atoms with E-state index in [-0.39, 0.29) is 24.6 Å². The van der Waals surface area contributed by atoms with Crippen LogP contribution >= 0.6 is 11.3 Å². The summed E-state index contributed by atoms with van der Waals surface area (Å²) in [6.45, 7) is 8.78. The monoisotopic (exact) mass is 606 g/mol. The molecule has 2 heterocycles.